The predicted molar refractivity (Wildman–Crippen MR) is 167 cm³/mol. The smallest absolute Gasteiger partial charge is 0.187 e. The molecule has 0 aliphatic carbocycles. The second-order valence-electron chi connectivity index (χ2n) is 10.1. The molecule has 0 atom stereocenters. The van der Waals surface area contributed by atoms with Gasteiger partial charge in [-0.05, 0) is 59.7 Å². The van der Waals surface area contributed by atoms with E-state index < -0.39 is 0 Å². The summed E-state index contributed by atoms with van der Waals surface area (Å²) in [7, 11) is 0. The molecule has 186 valence electrons. The number of aromatic nitrogens is 2. The van der Waals surface area contributed by atoms with E-state index in [0.717, 1.165) is 22.5 Å². The fourth-order valence-corrected chi connectivity index (χ4v) is 6.18. The van der Waals surface area contributed by atoms with Gasteiger partial charge in [0.2, 0.25) is 0 Å². The van der Waals surface area contributed by atoms with Gasteiger partial charge in [0.15, 0.2) is 5.69 Å². The standard InChI is InChI=1S/C37H23N3/c1-38-27-12-10-11-25(21-27)26-22-28(39-34-17-6-2-13-30(34)31-14-3-7-18-35(31)39)24-29(23-26)40-36-19-8-4-15-32(36)33-16-5-9-20-37(33)40/h2-24H. The quantitative estimate of drug-likeness (QED) is 0.210. The van der Waals surface area contributed by atoms with Crippen LogP contribution in [0.2, 0.25) is 0 Å². The summed E-state index contributed by atoms with van der Waals surface area (Å²) < 4.78 is 4.73. The summed E-state index contributed by atoms with van der Waals surface area (Å²) in [6.07, 6.45) is 0. The third-order valence-corrected chi connectivity index (χ3v) is 7.89. The maximum absolute atomic E-state index is 7.59. The Labute approximate surface area is 231 Å². The van der Waals surface area contributed by atoms with Gasteiger partial charge in [-0.2, -0.15) is 0 Å². The van der Waals surface area contributed by atoms with Gasteiger partial charge in [-0.3, -0.25) is 0 Å². The number of para-hydroxylation sites is 4. The molecule has 8 aromatic rings. The summed E-state index contributed by atoms with van der Waals surface area (Å²) >= 11 is 0. The lowest BCUT2D eigenvalue weighted by molar-refractivity contribution is 1.13. The molecule has 40 heavy (non-hydrogen) atoms. The van der Waals surface area contributed by atoms with Crippen LogP contribution in [0.4, 0.5) is 5.69 Å². The fourth-order valence-electron chi connectivity index (χ4n) is 6.18. The number of nitrogens with zero attached hydrogens (tertiary/aromatic N) is 3. The minimum absolute atomic E-state index is 0.637. The summed E-state index contributed by atoms with van der Waals surface area (Å²) in [5.41, 5.74) is 9.58. The second kappa shape index (κ2) is 8.73. The third kappa shape index (κ3) is 3.30. The van der Waals surface area contributed by atoms with Crippen molar-refractivity contribution in [1.82, 2.24) is 9.13 Å². The largest absolute Gasteiger partial charge is 0.309 e. The van der Waals surface area contributed by atoms with Gasteiger partial charge in [-0.25, -0.2) is 4.85 Å². The molecule has 0 fully saturated rings. The highest BCUT2D eigenvalue weighted by Gasteiger charge is 2.17. The zero-order valence-corrected chi connectivity index (χ0v) is 21.6. The molecule has 0 saturated heterocycles. The lowest BCUT2D eigenvalue weighted by atomic mass is 10.0. The van der Waals surface area contributed by atoms with Crippen molar-refractivity contribution in [2.45, 2.75) is 0 Å². The van der Waals surface area contributed by atoms with Crippen molar-refractivity contribution >= 4 is 49.3 Å². The van der Waals surface area contributed by atoms with Crippen LogP contribution in [0.1, 0.15) is 0 Å². The van der Waals surface area contributed by atoms with Gasteiger partial charge in [0, 0.05) is 32.9 Å². The summed E-state index contributed by atoms with van der Waals surface area (Å²) in [4.78, 5) is 3.70. The van der Waals surface area contributed by atoms with Gasteiger partial charge < -0.3 is 9.13 Å². The maximum Gasteiger partial charge on any atom is 0.187 e. The van der Waals surface area contributed by atoms with Crippen molar-refractivity contribution in [3.8, 4) is 22.5 Å². The molecule has 2 heterocycles. The molecule has 0 N–H and O–H groups in total. The number of benzene rings is 6. The normalized spacial score (nSPS) is 11.5. The van der Waals surface area contributed by atoms with Crippen molar-refractivity contribution in [3.05, 3.63) is 151 Å². The Balaban J connectivity index is 1.51. The molecular formula is C37H23N3. The second-order valence-corrected chi connectivity index (χ2v) is 10.1. The molecule has 8 rings (SSSR count). The average Bonchev–Trinajstić information content (AvgIpc) is 3.54. The van der Waals surface area contributed by atoms with Crippen molar-refractivity contribution in [1.29, 1.82) is 0 Å². The average molecular weight is 510 g/mol. The van der Waals surface area contributed by atoms with Gasteiger partial charge in [-0.1, -0.05) is 91.0 Å². The van der Waals surface area contributed by atoms with Gasteiger partial charge in [0.1, 0.15) is 0 Å². The first-order valence-corrected chi connectivity index (χ1v) is 13.4. The molecular weight excluding hydrogens is 486 g/mol. The first-order valence-electron chi connectivity index (χ1n) is 13.4. The SMILES string of the molecule is [C-]#[N+]c1cccc(-c2cc(-n3c4ccccc4c4ccccc43)cc(-n3c4ccccc4c4ccccc43)c2)c1. The third-order valence-electron chi connectivity index (χ3n) is 7.89. The van der Waals surface area contributed by atoms with E-state index >= 15 is 0 Å². The van der Waals surface area contributed by atoms with Crippen LogP contribution in [0.15, 0.2) is 140 Å². The Morgan fingerprint density at radius 3 is 1.25 bits per heavy atom. The van der Waals surface area contributed by atoms with Crippen LogP contribution in [0.5, 0.6) is 0 Å². The summed E-state index contributed by atoms with van der Waals surface area (Å²) in [5.74, 6) is 0. The molecule has 0 spiro atoms. The first-order chi connectivity index (χ1) is 19.8. The lowest BCUT2D eigenvalue weighted by Gasteiger charge is -2.16. The van der Waals surface area contributed by atoms with E-state index in [4.69, 9.17) is 6.57 Å². The van der Waals surface area contributed by atoms with Gasteiger partial charge in [0.25, 0.3) is 0 Å². The lowest BCUT2D eigenvalue weighted by Crippen LogP contribution is -2.00. The molecule has 2 aromatic heterocycles. The van der Waals surface area contributed by atoms with E-state index in [0.29, 0.717) is 5.69 Å². The Morgan fingerprint density at radius 2 is 0.825 bits per heavy atom. The van der Waals surface area contributed by atoms with E-state index in [1.165, 1.54) is 43.6 Å². The van der Waals surface area contributed by atoms with Crippen LogP contribution in [0.25, 0.3) is 71.0 Å². The highest BCUT2D eigenvalue weighted by Crippen LogP contribution is 2.38. The number of hydrogen-bond donors (Lipinski definition) is 0. The van der Waals surface area contributed by atoms with Crippen LogP contribution in [0, 0.1) is 6.57 Å². The number of hydrogen-bond acceptors (Lipinski definition) is 0. The monoisotopic (exact) mass is 509 g/mol. The molecule has 0 bridgehead atoms. The summed E-state index contributed by atoms with van der Waals surface area (Å²) in [6.45, 7) is 7.59. The Hall–Kier alpha value is -5.59. The van der Waals surface area contributed by atoms with E-state index in [1.54, 1.807) is 0 Å². The van der Waals surface area contributed by atoms with E-state index in [1.807, 2.05) is 18.2 Å². The number of fused-ring (bicyclic) bond motifs is 6. The molecule has 0 saturated carbocycles. The van der Waals surface area contributed by atoms with E-state index in [2.05, 4.69) is 135 Å². The predicted octanol–water partition coefficient (Wildman–Crippen LogP) is 10.1. The van der Waals surface area contributed by atoms with Crippen molar-refractivity contribution < 1.29 is 0 Å². The molecule has 0 aliphatic heterocycles. The molecule has 0 aliphatic rings. The molecule has 0 unspecified atom stereocenters. The van der Waals surface area contributed by atoms with Gasteiger partial charge >= 0.3 is 0 Å². The van der Waals surface area contributed by atoms with Crippen molar-refractivity contribution in [2.24, 2.45) is 0 Å². The maximum atomic E-state index is 7.59. The highest BCUT2D eigenvalue weighted by atomic mass is 15.0. The Kier molecular flexibility index (Phi) is 4.89. The zero-order valence-electron chi connectivity index (χ0n) is 21.6. The number of rotatable bonds is 3. The first kappa shape index (κ1) is 22.4. The van der Waals surface area contributed by atoms with Crippen LogP contribution < -0.4 is 0 Å². The summed E-state index contributed by atoms with van der Waals surface area (Å²) in [5, 5.41) is 4.93. The topological polar surface area (TPSA) is 14.2 Å². The molecule has 3 heteroatoms. The molecule has 6 aromatic carbocycles. The minimum Gasteiger partial charge on any atom is -0.309 e. The highest BCUT2D eigenvalue weighted by molar-refractivity contribution is 6.10. The van der Waals surface area contributed by atoms with Crippen LogP contribution in [0.3, 0.4) is 0 Å². The van der Waals surface area contributed by atoms with Gasteiger partial charge in [0.05, 0.1) is 28.6 Å². The zero-order chi connectivity index (χ0) is 26.6. The molecule has 0 radical (unpaired) electrons. The Bertz CT molecular complexity index is 2050. The van der Waals surface area contributed by atoms with Crippen LogP contribution in [-0.2, 0) is 0 Å². The molecule has 3 nitrogen and oxygen atoms in total. The van der Waals surface area contributed by atoms with E-state index in [-0.39, 0.29) is 0 Å². The van der Waals surface area contributed by atoms with E-state index in [9.17, 15) is 0 Å². The van der Waals surface area contributed by atoms with Crippen LogP contribution in [-0.4, -0.2) is 9.13 Å². The fraction of sp³-hybridized carbons (Fsp3) is 0. The van der Waals surface area contributed by atoms with Crippen molar-refractivity contribution in [2.75, 3.05) is 0 Å². The Morgan fingerprint density at radius 1 is 0.400 bits per heavy atom. The summed E-state index contributed by atoms with van der Waals surface area (Å²) in [6, 6.07) is 49.1. The van der Waals surface area contributed by atoms with Crippen LogP contribution >= 0.6 is 0 Å². The van der Waals surface area contributed by atoms with Crippen molar-refractivity contribution in [3.63, 3.8) is 0 Å². The van der Waals surface area contributed by atoms with Gasteiger partial charge in [-0.15, -0.1) is 0 Å². The minimum atomic E-state index is 0.637. The molecule has 0 amide bonds.